The van der Waals surface area contributed by atoms with E-state index in [9.17, 15) is 4.79 Å². The van der Waals surface area contributed by atoms with Gasteiger partial charge >= 0.3 is 6.09 Å². The summed E-state index contributed by atoms with van der Waals surface area (Å²) >= 11 is 0. The minimum atomic E-state index is -0.548. The Morgan fingerprint density at radius 3 is 2.72 bits per heavy atom. The van der Waals surface area contributed by atoms with E-state index >= 15 is 0 Å². The van der Waals surface area contributed by atoms with Gasteiger partial charge in [0.1, 0.15) is 36.2 Å². The summed E-state index contributed by atoms with van der Waals surface area (Å²) in [6, 6.07) is 6.93. The van der Waals surface area contributed by atoms with Crippen molar-refractivity contribution < 1.29 is 28.6 Å². The standard InChI is InChI=1S/C19H25N5O5/c1-23(2)8-13-9-24(22-21-13)15-10-27-18-16(11-28-17(15)18)29-19(25)20-12-4-6-14(26-3)7-5-12/h4-7,9,15-18H,8,10-11H2,1-3H3,(H,20,25)/p+1/t15-,16+,17+,18+/m0/s1. The lowest BCUT2D eigenvalue weighted by Crippen LogP contribution is -3.04. The fraction of sp³-hybridized carbons (Fsp3) is 0.526. The van der Waals surface area contributed by atoms with E-state index < -0.39 is 12.2 Å². The summed E-state index contributed by atoms with van der Waals surface area (Å²) in [6.45, 7) is 1.51. The lowest BCUT2D eigenvalue weighted by molar-refractivity contribution is -0.873. The minimum Gasteiger partial charge on any atom is -0.497 e. The Labute approximate surface area is 168 Å². The van der Waals surface area contributed by atoms with E-state index in [1.54, 1.807) is 36.1 Å². The van der Waals surface area contributed by atoms with Crippen LogP contribution in [0.4, 0.5) is 10.5 Å². The zero-order valence-electron chi connectivity index (χ0n) is 16.7. The molecule has 0 saturated carbocycles. The van der Waals surface area contributed by atoms with E-state index in [0.717, 1.165) is 12.2 Å². The molecule has 0 aliphatic carbocycles. The van der Waals surface area contributed by atoms with Gasteiger partial charge in [0.15, 0.2) is 6.10 Å². The highest BCUT2D eigenvalue weighted by Gasteiger charge is 2.50. The molecule has 0 bridgehead atoms. The number of rotatable bonds is 6. The molecule has 2 N–H and O–H groups in total. The number of quaternary nitrogens is 1. The van der Waals surface area contributed by atoms with Crippen molar-refractivity contribution in [2.45, 2.75) is 30.9 Å². The van der Waals surface area contributed by atoms with Gasteiger partial charge in [-0.25, -0.2) is 9.48 Å². The van der Waals surface area contributed by atoms with Crippen LogP contribution >= 0.6 is 0 Å². The van der Waals surface area contributed by atoms with Crippen molar-refractivity contribution in [1.29, 1.82) is 0 Å². The van der Waals surface area contributed by atoms with E-state index in [2.05, 4.69) is 29.7 Å². The molecule has 10 heteroatoms. The summed E-state index contributed by atoms with van der Waals surface area (Å²) in [6.07, 6.45) is 0.354. The van der Waals surface area contributed by atoms with Gasteiger partial charge in [-0.2, -0.15) is 0 Å². The van der Waals surface area contributed by atoms with Gasteiger partial charge in [0.25, 0.3) is 0 Å². The molecule has 1 aromatic carbocycles. The molecule has 4 rings (SSSR count). The van der Waals surface area contributed by atoms with Crippen LogP contribution in [-0.2, 0) is 20.8 Å². The smallest absolute Gasteiger partial charge is 0.412 e. The minimum absolute atomic E-state index is 0.0864. The summed E-state index contributed by atoms with van der Waals surface area (Å²) in [7, 11) is 5.71. The van der Waals surface area contributed by atoms with Crippen molar-refractivity contribution in [2.24, 2.45) is 0 Å². The highest BCUT2D eigenvalue weighted by molar-refractivity contribution is 5.84. The largest absolute Gasteiger partial charge is 0.497 e. The molecule has 156 valence electrons. The van der Waals surface area contributed by atoms with Crippen LogP contribution in [0.15, 0.2) is 30.5 Å². The fourth-order valence-electron chi connectivity index (χ4n) is 3.65. The molecular formula is C19H26N5O5+. The first-order chi connectivity index (χ1) is 14.0. The van der Waals surface area contributed by atoms with E-state index in [-0.39, 0.29) is 24.9 Å². The van der Waals surface area contributed by atoms with Crippen LogP contribution in [0.5, 0.6) is 5.75 Å². The number of fused-ring (bicyclic) bond motifs is 1. The maximum atomic E-state index is 12.3. The second-order valence-corrected chi connectivity index (χ2v) is 7.53. The first-order valence-electron chi connectivity index (χ1n) is 9.58. The molecule has 29 heavy (non-hydrogen) atoms. The van der Waals surface area contributed by atoms with Crippen molar-refractivity contribution in [3.05, 3.63) is 36.2 Å². The zero-order valence-corrected chi connectivity index (χ0v) is 16.7. The van der Waals surface area contributed by atoms with Gasteiger partial charge in [-0.15, -0.1) is 5.10 Å². The number of ether oxygens (including phenoxy) is 4. The van der Waals surface area contributed by atoms with Crippen molar-refractivity contribution in [3.63, 3.8) is 0 Å². The van der Waals surface area contributed by atoms with Gasteiger partial charge in [0.05, 0.1) is 40.6 Å². The lowest BCUT2D eigenvalue weighted by Gasteiger charge is -2.17. The third kappa shape index (κ3) is 4.34. The molecule has 2 saturated heterocycles. The number of hydrogen-bond acceptors (Lipinski definition) is 7. The number of carbonyl (C=O) groups is 1. The van der Waals surface area contributed by atoms with Crippen LogP contribution in [0, 0.1) is 0 Å². The number of methoxy groups -OCH3 is 1. The number of amides is 1. The van der Waals surface area contributed by atoms with Crippen LogP contribution in [0.2, 0.25) is 0 Å². The Bertz CT molecular complexity index is 840. The van der Waals surface area contributed by atoms with Crippen molar-refractivity contribution >= 4 is 11.8 Å². The molecule has 4 atom stereocenters. The van der Waals surface area contributed by atoms with Crippen LogP contribution in [0.25, 0.3) is 0 Å². The SMILES string of the molecule is COc1ccc(NC(=O)O[C@@H]2CO[C@H]3[C@@H]2OC[C@@H]3n2cc(C[NH+](C)C)nn2)cc1. The van der Waals surface area contributed by atoms with Crippen LogP contribution in [-0.4, -0.2) is 73.8 Å². The monoisotopic (exact) mass is 404 g/mol. The summed E-state index contributed by atoms with van der Waals surface area (Å²) < 4.78 is 24.2. The van der Waals surface area contributed by atoms with E-state index in [1.165, 1.54) is 4.90 Å². The fourth-order valence-corrected chi connectivity index (χ4v) is 3.65. The normalized spacial score (nSPS) is 25.8. The van der Waals surface area contributed by atoms with Gasteiger partial charge in [-0.1, -0.05) is 5.21 Å². The number of anilines is 1. The van der Waals surface area contributed by atoms with Crippen LogP contribution < -0.4 is 15.0 Å². The predicted octanol–water partition coefficient (Wildman–Crippen LogP) is -0.113. The zero-order chi connectivity index (χ0) is 20.4. The number of nitrogens with zero attached hydrogens (tertiary/aromatic N) is 3. The third-order valence-electron chi connectivity index (χ3n) is 5.01. The van der Waals surface area contributed by atoms with Gasteiger partial charge in [-0.3, -0.25) is 5.32 Å². The van der Waals surface area contributed by atoms with Crippen LogP contribution in [0.3, 0.4) is 0 Å². The molecule has 0 radical (unpaired) electrons. The number of hydrogen-bond donors (Lipinski definition) is 2. The molecule has 2 fully saturated rings. The first-order valence-corrected chi connectivity index (χ1v) is 9.58. The van der Waals surface area contributed by atoms with E-state index in [1.807, 2.05) is 6.20 Å². The molecule has 3 heterocycles. The average molecular weight is 404 g/mol. The number of benzene rings is 1. The Kier molecular flexibility index (Phi) is 5.65. The number of aromatic nitrogens is 3. The lowest BCUT2D eigenvalue weighted by atomic mass is 10.1. The molecule has 1 aromatic heterocycles. The number of carbonyl (C=O) groups excluding carboxylic acids is 1. The van der Waals surface area contributed by atoms with Gasteiger partial charge in [0.2, 0.25) is 0 Å². The van der Waals surface area contributed by atoms with E-state index in [0.29, 0.717) is 18.0 Å². The van der Waals surface area contributed by atoms with Crippen molar-refractivity contribution in [3.8, 4) is 5.75 Å². The summed E-state index contributed by atoms with van der Waals surface area (Å²) in [4.78, 5) is 13.5. The maximum absolute atomic E-state index is 12.3. The number of nitrogens with one attached hydrogen (secondary N) is 2. The molecule has 1 amide bonds. The Balaban J connectivity index is 1.33. The average Bonchev–Trinajstić information content (AvgIpc) is 3.40. The molecule has 2 aliphatic heterocycles. The van der Waals surface area contributed by atoms with Crippen molar-refractivity contribution in [1.82, 2.24) is 15.0 Å². The quantitative estimate of drug-likeness (QED) is 0.693. The van der Waals surface area contributed by atoms with Gasteiger partial charge in [-0.05, 0) is 24.3 Å². The molecule has 0 unspecified atom stereocenters. The second kappa shape index (κ2) is 8.36. The van der Waals surface area contributed by atoms with E-state index in [4.69, 9.17) is 18.9 Å². The second-order valence-electron chi connectivity index (χ2n) is 7.53. The van der Waals surface area contributed by atoms with Gasteiger partial charge < -0.3 is 23.8 Å². The molecule has 2 aromatic rings. The predicted molar refractivity (Wildman–Crippen MR) is 102 cm³/mol. The summed E-state index contributed by atoms with van der Waals surface area (Å²) in [5.41, 5.74) is 1.53. The Morgan fingerprint density at radius 1 is 1.24 bits per heavy atom. The summed E-state index contributed by atoms with van der Waals surface area (Å²) in [5, 5.41) is 11.2. The molecule has 0 spiro atoms. The Morgan fingerprint density at radius 2 is 2.00 bits per heavy atom. The topological polar surface area (TPSA) is 101 Å². The molecule has 10 nitrogen and oxygen atoms in total. The maximum Gasteiger partial charge on any atom is 0.412 e. The Hall–Kier alpha value is -2.69. The molecular weight excluding hydrogens is 378 g/mol. The highest BCUT2D eigenvalue weighted by atomic mass is 16.6. The molecule has 2 aliphatic rings. The van der Waals surface area contributed by atoms with Gasteiger partial charge in [0, 0.05) is 5.69 Å². The summed E-state index contributed by atoms with van der Waals surface area (Å²) in [5.74, 6) is 0.713. The highest BCUT2D eigenvalue weighted by Crippen LogP contribution is 2.35. The third-order valence-corrected chi connectivity index (χ3v) is 5.01. The van der Waals surface area contributed by atoms with Crippen LogP contribution in [0.1, 0.15) is 11.7 Å². The first kappa shape index (κ1) is 19.6. The van der Waals surface area contributed by atoms with Crippen molar-refractivity contribution in [2.75, 3.05) is 39.7 Å².